The number of esters is 1. The molecule has 1 unspecified atom stereocenters. The number of hydrogen-bond acceptors (Lipinski definition) is 5. The van der Waals surface area contributed by atoms with Crippen LogP contribution in [0.15, 0.2) is 63.8 Å². The van der Waals surface area contributed by atoms with Gasteiger partial charge in [-0.1, -0.05) is 42.5 Å². The lowest BCUT2D eigenvalue weighted by atomic mass is 9.91. The summed E-state index contributed by atoms with van der Waals surface area (Å²) in [6.07, 6.45) is -0.112. The van der Waals surface area contributed by atoms with Gasteiger partial charge in [0.25, 0.3) is 0 Å². The first kappa shape index (κ1) is 17.7. The van der Waals surface area contributed by atoms with Crippen molar-refractivity contribution in [3.63, 3.8) is 0 Å². The van der Waals surface area contributed by atoms with Crippen LogP contribution < -0.4 is 5.63 Å². The molecule has 1 atom stereocenters. The molecule has 0 saturated carbocycles. The molecule has 1 aromatic heterocycles. The molecule has 1 heterocycles. The van der Waals surface area contributed by atoms with Gasteiger partial charge in [-0.2, -0.15) is 0 Å². The van der Waals surface area contributed by atoms with E-state index in [0.717, 1.165) is 5.56 Å². The van der Waals surface area contributed by atoms with Crippen molar-refractivity contribution in [3.8, 4) is 5.75 Å². The van der Waals surface area contributed by atoms with Crippen LogP contribution in [0.5, 0.6) is 5.75 Å². The monoisotopic (exact) mass is 352 g/mol. The zero-order valence-electron chi connectivity index (χ0n) is 14.6. The minimum absolute atomic E-state index is 0.0711. The van der Waals surface area contributed by atoms with Crippen LogP contribution in [0, 0.1) is 0 Å². The summed E-state index contributed by atoms with van der Waals surface area (Å²) in [4.78, 5) is 25.2. The average molecular weight is 352 g/mol. The third-order valence-corrected chi connectivity index (χ3v) is 4.09. The van der Waals surface area contributed by atoms with Crippen molar-refractivity contribution >= 4 is 16.9 Å². The molecule has 3 rings (SSSR count). The van der Waals surface area contributed by atoms with Gasteiger partial charge in [-0.25, -0.2) is 4.79 Å². The van der Waals surface area contributed by atoms with Crippen LogP contribution in [0.3, 0.4) is 0 Å². The Morgan fingerprint density at radius 3 is 2.42 bits per heavy atom. The summed E-state index contributed by atoms with van der Waals surface area (Å²) in [6.45, 7) is 3.47. The summed E-state index contributed by atoms with van der Waals surface area (Å²) in [5.41, 5.74) is 0.320. The summed E-state index contributed by atoms with van der Waals surface area (Å²) >= 11 is 0. The summed E-state index contributed by atoms with van der Waals surface area (Å²) in [5, 5.41) is 11.1. The Kier molecular flexibility index (Phi) is 5.07. The van der Waals surface area contributed by atoms with Crippen LogP contribution in [0.2, 0.25) is 0 Å². The van der Waals surface area contributed by atoms with Crippen molar-refractivity contribution < 1.29 is 19.1 Å². The molecule has 0 bridgehead atoms. The van der Waals surface area contributed by atoms with Crippen LogP contribution in [0.4, 0.5) is 0 Å². The van der Waals surface area contributed by atoms with Gasteiger partial charge in [0.1, 0.15) is 11.3 Å². The standard InChI is InChI=1S/C21H20O5/c1-13(2)25-20(23)16(12-14-8-4-3-5-9-14)18-19(22)15-10-6-7-11-17(15)26-21(18)24/h3-11,13,16,22H,12H2,1-2H3. The Bertz CT molecular complexity index is 973. The molecular formula is C21H20O5. The van der Waals surface area contributed by atoms with Gasteiger partial charge in [0.15, 0.2) is 0 Å². The Labute approximate surface area is 150 Å². The van der Waals surface area contributed by atoms with Crippen LogP contribution in [-0.2, 0) is 16.0 Å². The largest absolute Gasteiger partial charge is 0.507 e. The lowest BCUT2D eigenvalue weighted by Gasteiger charge is -2.18. The smallest absolute Gasteiger partial charge is 0.344 e. The first-order chi connectivity index (χ1) is 12.5. The Balaban J connectivity index is 2.13. The van der Waals surface area contributed by atoms with E-state index in [-0.39, 0.29) is 29.4 Å². The number of carbonyl (C=O) groups is 1. The molecule has 0 aliphatic rings. The second-order valence-corrected chi connectivity index (χ2v) is 6.38. The van der Waals surface area contributed by atoms with Crippen LogP contribution in [0.1, 0.15) is 30.9 Å². The highest BCUT2D eigenvalue weighted by Crippen LogP contribution is 2.33. The molecule has 0 amide bonds. The molecule has 0 saturated heterocycles. The Hall–Kier alpha value is -3.08. The summed E-state index contributed by atoms with van der Waals surface area (Å²) < 4.78 is 10.7. The van der Waals surface area contributed by atoms with Crippen LogP contribution in [0.25, 0.3) is 11.0 Å². The topological polar surface area (TPSA) is 76.7 Å². The normalized spacial score (nSPS) is 12.3. The molecule has 0 aliphatic carbocycles. The minimum atomic E-state index is -0.958. The van der Waals surface area contributed by atoms with E-state index in [0.29, 0.717) is 5.39 Å². The Morgan fingerprint density at radius 1 is 1.08 bits per heavy atom. The third-order valence-electron chi connectivity index (χ3n) is 4.09. The number of carbonyl (C=O) groups excluding carboxylic acids is 1. The van der Waals surface area contributed by atoms with Gasteiger partial charge in [0.05, 0.1) is 23.0 Å². The third kappa shape index (κ3) is 3.61. The zero-order chi connectivity index (χ0) is 18.7. The van der Waals surface area contributed by atoms with Crippen molar-refractivity contribution in [2.75, 3.05) is 0 Å². The number of benzene rings is 2. The molecule has 1 N–H and O–H groups in total. The molecule has 0 aliphatic heterocycles. The summed E-state index contributed by atoms with van der Waals surface area (Å²) in [6, 6.07) is 16.0. The lowest BCUT2D eigenvalue weighted by molar-refractivity contribution is -0.149. The fraction of sp³-hybridized carbons (Fsp3) is 0.238. The molecule has 5 heteroatoms. The predicted octanol–water partition coefficient (Wildman–Crippen LogP) is 3.78. The van der Waals surface area contributed by atoms with E-state index in [1.165, 1.54) is 0 Å². The van der Waals surface area contributed by atoms with E-state index >= 15 is 0 Å². The molecule has 3 aromatic rings. The number of fused-ring (bicyclic) bond motifs is 1. The van der Waals surface area contributed by atoms with E-state index in [1.807, 2.05) is 30.3 Å². The van der Waals surface area contributed by atoms with Crippen molar-refractivity contribution in [1.82, 2.24) is 0 Å². The van der Waals surface area contributed by atoms with Crippen LogP contribution >= 0.6 is 0 Å². The maximum Gasteiger partial charge on any atom is 0.344 e. The SMILES string of the molecule is CC(C)OC(=O)C(Cc1ccccc1)c1c(O)c2ccccc2oc1=O. The molecule has 0 radical (unpaired) electrons. The molecule has 26 heavy (non-hydrogen) atoms. The first-order valence-electron chi connectivity index (χ1n) is 8.46. The van der Waals surface area contributed by atoms with E-state index in [2.05, 4.69) is 0 Å². The second-order valence-electron chi connectivity index (χ2n) is 6.38. The summed E-state index contributed by atoms with van der Waals surface area (Å²) in [5.74, 6) is -1.76. The van der Waals surface area contributed by atoms with Crippen molar-refractivity contribution in [1.29, 1.82) is 0 Å². The summed E-state index contributed by atoms with van der Waals surface area (Å²) in [7, 11) is 0. The number of para-hydroxylation sites is 1. The molecule has 0 fully saturated rings. The van der Waals surface area contributed by atoms with Gasteiger partial charge >= 0.3 is 11.6 Å². The van der Waals surface area contributed by atoms with Crippen molar-refractivity contribution in [2.24, 2.45) is 0 Å². The first-order valence-corrected chi connectivity index (χ1v) is 8.46. The van der Waals surface area contributed by atoms with Gasteiger partial charge in [-0.15, -0.1) is 0 Å². The predicted molar refractivity (Wildman–Crippen MR) is 98.3 cm³/mol. The second kappa shape index (κ2) is 7.44. The number of aromatic hydroxyl groups is 1. The molecule has 5 nitrogen and oxygen atoms in total. The minimum Gasteiger partial charge on any atom is -0.507 e. The fourth-order valence-corrected chi connectivity index (χ4v) is 2.92. The van der Waals surface area contributed by atoms with E-state index in [4.69, 9.17) is 9.15 Å². The lowest BCUT2D eigenvalue weighted by Crippen LogP contribution is -2.26. The highest BCUT2D eigenvalue weighted by atomic mass is 16.5. The quantitative estimate of drug-likeness (QED) is 0.559. The maximum absolute atomic E-state index is 12.7. The van der Waals surface area contributed by atoms with E-state index in [1.54, 1.807) is 38.1 Å². The number of ether oxygens (including phenoxy) is 1. The highest BCUT2D eigenvalue weighted by molar-refractivity contribution is 5.87. The van der Waals surface area contributed by atoms with E-state index < -0.39 is 17.5 Å². The van der Waals surface area contributed by atoms with Crippen molar-refractivity contribution in [2.45, 2.75) is 32.3 Å². The average Bonchev–Trinajstić information content (AvgIpc) is 2.61. The van der Waals surface area contributed by atoms with Gasteiger partial charge < -0.3 is 14.3 Å². The van der Waals surface area contributed by atoms with Gasteiger partial charge in [0.2, 0.25) is 0 Å². The van der Waals surface area contributed by atoms with Crippen molar-refractivity contribution in [3.05, 3.63) is 76.1 Å². The maximum atomic E-state index is 12.7. The zero-order valence-corrected chi connectivity index (χ0v) is 14.6. The van der Waals surface area contributed by atoms with Gasteiger partial charge in [0, 0.05) is 0 Å². The molecule has 2 aromatic carbocycles. The molecule has 0 spiro atoms. The number of rotatable bonds is 5. The van der Waals surface area contributed by atoms with Crippen LogP contribution in [-0.4, -0.2) is 17.2 Å². The Morgan fingerprint density at radius 2 is 1.73 bits per heavy atom. The number of hydrogen-bond donors (Lipinski definition) is 1. The molecule has 134 valence electrons. The van der Waals surface area contributed by atoms with E-state index in [9.17, 15) is 14.7 Å². The van der Waals surface area contributed by atoms with Gasteiger partial charge in [-0.05, 0) is 38.0 Å². The van der Waals surface area contributed by atoms with Gasteiger partial charge in [-0.3, -0.25) is 4.79 Å². The highest BCUT2D eigenvalue weighted by Gasteiger charge is 2.31. The fourth-order valence-electron chi connectivity index (χ4n) is 2.92. The molecular weight excluding hydrogens is 332 g/mol.